The van der Waals surface area contributed by atoms with Gasteiger partial charge in [-0.05, 0) is 64.3 Å². The van der Waals surface area contributed by atoms with E-state index in [1.807, 2.05) is 66.7 Å². The number of oxime groups is 1. The molecular formula is C45H51ClN10O9S. The summed E-state index contributed by atoms with van der Waals surface area (Å²) in [5.41, 5.74) is -0.672. The highest BCUT2D eigenvalue weighted by molar-refractivity contribution is 7.14. The molecule has 19 nitrogen and oxygen atoms in total. The third-order valence-electron chi connectivity index (χ3n) is 9.73. The monoisotopic (exact) mass is 942 g/mol. The molecule has 348 valence electrons. The number of carbonyl (C=O) groups is 5. The minimum atomic E-state index is -1.50. The number of carbonyl (C=O) groups excluding carboxylic acids is 5. The van der Waals surface area contributed by atoms with E-state index in [4.69, 9.17) is 19.0 Å². The summed E-state index contributed by atoms with van der Waals surface area (Å²) in [6, 6.07) is 20.4. The van der Waals surface area contributed by atoms with Crippen molar-refractivity contribution in [3.8, 4) is 0 Å². The van der Waals surface area contributed by atoms with Gasteiger partial charge in [0, 0.05) is 30.6 Å². The Morgan fingerprint density at radius 2 is 1.59 bits per heavy atom. The molecule has 2 aromatic carbocycles. The van der Waals surface area contributed by atoms with E-state index in [9.17, 15) is 24.0 Å². The van der Waals surface area contributed by atoms with Gasteiger partial charge >= 0.3 is 18.2 Å². The van der Waals surface area contributed by atoms with Crippen molar-refractivity contribution in [3.05, 3.63) is 125 Å². The number of β-lactam (4-membered cyclic amide) rings is 1. The third kappa shape index (κ3) is 12.9. The van der Waals surface area contributed by atoms with E-state index in [-0.39, 0.29) is 61.4 Å². The van der Waals surface area contributed by atoms with Gasteiger partial charge in [0.1, 0.15) is 28.6 Å². The largest absolute Gasteiger partial charge is 0.450 e. The van der Waals surface area contributed by atoms with Gasteiger partial charge in [-0.15, -0.1) is 23.7 Å². The molecule has 1 saturated heterocycles. The Morgan fingerprint density at radius 1 is 0.924 bits per heavy atom. The van der Waals surface area contributed by atoms with Crippen LogP contribution in [0.3, 0.4) is 0 Å². The topological polar surface area (TPSA) is 230 Å². The molecule has 0 spiro atoms. The lowest BCUT2D eigenvalue weighted by molar-refractivity contribution is -0.164. The molecule has 66 heavy (non-hydrogen) atoms. The first-order valence-corrected chi connectivity index (χ1v) is 21.7. The molecule has 2 atom stereocenters. The molecule has 4 amide bonds. The van der Waals surface area contributed by atoms with Gasteiger partial charge in [-0.3, -0.25) is 24.8 Å². The molecule has 1 saturated carbocycles. The van der Waals surface area contributed by atoms with Crippen LogP contribution in [0.25, 0.3) is 0 Å². The van der Waals surface area contributed by atoms with E-state index in [0.29, 0.717) is 5.69 Å². The average Bonchev–Trinajstić information content (AvgIpc) is 3.70. The zero-order valence-electron chi connectivity index (χ0n) is 37.1. The fraction of sp³-hybridized carbons (Fsp3) is 0.378. The first kappa shape index (κ1) is 48.5. The van der Waals surface area contributed by atoms with Gasteiger partial charge in [0.15, 0.2) is 16.9 Å². The Bertz CT molecular complexity index is 2480. The number of aromatic nitrogens is 5. The van der Waals surface area contributed by atoms with Crippen LogP contribution in [-0.4, -0.2) is 94.4 Å². The average molecular weight is 943 g/mol. The van der Waals surface area contributed by atoms with Crippen molar-refractivity contribution < 1.29 is 43.0 Å². The van der Waals surface area contributed by atoms with Crippen molar-refractivity contribution in [2.24, 2.45) is 5.16 Å². The molecule has 4 heterocycles. The van der Waals surface area contributed by atoms with Crippen LogP contribution in [0.5, 0.6) is 0 Å². The van der Waals surface area contributed by atoms with E-state index >= 15 is 0 Å². The number of anilines is 1. The second kappa shape index (κ2) is 20.5. The standard InChI is InChI=1S/C45H50N10O9S.ClH/c1-43(2,3)62-41(59)51-40-49-33(27-65-40)35(53-64-45(19-20-45)39(58)61-36(29-15-9-7-10-16-29)30-17-11-8-12-18-30)38(57)50-34-32(48-37(34)56)26-55-47-23-31(52-55)25-54(42(60)63-44(4,5)6)24-28-14-13-21-46-22-28;/h7-18,21-23,27,32,34,36H,19-20,24-26H2,1-6H3,(H,48,56)(H,50,57)(H,49,51,59);1H/b53-35-;/t32-,34+;/m1./s1. The summed E-state index contributed by atoms with van der Waals surface area (Å²) in [6.45, 7) is 10.8. The second-order valence-electron chi connectivity index (χ2n) is 17.5. The van der Waals surface area contributed by atoms with Crippen LogP contribution < -0.4 is 16.0 Å². The van der Waals surface area contributed by atoms with Crippen molar-refractivity contribution >= 4 is 64.6 Å². The first-order chi connectivity index (χ1) is 30.9. The molecule has 5 aromatic rings. The number of hydrogen-bond acceptors (Lipinski definition) is 15. The van der Waals surface area contributed by atoms with Crippen LogP contribution in [0.1, 0.15) is 88.6 Å². The minimum Gasteiger partial charge on any atom is -0.450 e. The van der Waals surface area contributed by atoms with Gasteiger partial charge in [-0.25, -0.2) is 19.4 Å². The molecule has 0 radical (unpaired) electrons. The van der Waals surface area contributed by atoms with Crippen LogP contribution in [-0.2, 0) is 53.1 Å². The Labute approximate surface area is 391 Å². The van der Waals surface area contributed by atoms with Crippen molar-refractivity contribution in [2.75, 3.05) is 5.32 Å². The number of amides is 4. The lowest BCUT2D eigenvalue weighted by Gasteiger charge is -2.36. The van der Waals surface area contributed by atoms with Gasteiger partial charge in [0.05, 0.1) is 31.9 Å². The molecule has 0 unspecified atom stereocenters. The lowest BCUT2D eigenvalue weighted by Crippen LogP contribution is -2.70. The summed E-state index contributed by atoms with van der Waals surface area (Å²) < 4.78 is 17.1. The highest BCUT2D eigenvalue weighted by Crippen LogP contribution is 2.43. The molecule has 21 heteroatoms. The fourth-order valence-corrected chi connectivity index (χ4v) is 7.15. The predicted molar refractivity (Wildman–Crippen MR) is 243 cm³/mol. The predicted octanol–water partition coefficient (Wildman–Crippen LogP) is 6.11. The van der Waals surface area contributed by atoms with Gasteiger partial charge in [-0.1, -0.05) is 71.9 Å². The molecule has 1 aliphatic heterocycles. The second-order valence-corrected chi connectivity index (χ2v) is 18.3. The minimum absolute atomic E-state index is 0. The zero-order chi connectivity index (χ0) is 46.4. The number of nitrogens with one attached hydrogen (secondary N) is 3. The van der Waals surface area contributed by atoms with Crippen LogP contribution in [0.2, 0.25) is 0 Å². The summed E-state index contributed by atoms with van der Waals surface area (Å²) in [7, 11) is 0. The quantitative estimate of drug-likeness (QED) is 0.0334. The summed E-state index contributed by atoms with van der Waals surface area (Å²) in [4.78, 5) is 84.1. The van der Waals surface area contributed by atoms with E-state index in [0.717, 1.165) is 28.0 Å². The highest BCUT2D eigenvalue weighted by Gasteiger charge is 2.56. The van der Waals surface area contributed by atoms with Gasteiger partial charge in [0.25, 0.3) is 5.91 Å². The van der Waals surface area contributed by atoms with Crippen LogP contribution in [0.4, 0.5) is 14.7 Å². The molecule has 2 fully saturated rings. The normalized spacial score (nSPS) is 16.4. The summed E-state index contributed by atoms with van der Waals surface area (Å²) >= 11 is 0.995. The van der Waals surface area contributed by atoms with Gasteiger partial charge < -0.3 is 29.7 Å². The molecule has 2 aliphatic rings. The fourth-order valence-electron chi connectivity index (χ4n) is 6.47. The van der Waals surface area contributed by atoms with E-state index in [1.54, 1.807) is 60.0 Å². The molecule has 0 bridgehead atoms. The van der Waals surface area contributed by atoms with Gasteiger partial charge in [0.2, 0.25) is 11.5 Å². The number of rotatable bonds is 16. The molecule has 1 aliphatic carbocycles. The lowest BCUT2D eigenvalue weighted by atomic mass is 9.98. The van der Waals surface area contributed by atoms with Crippen molar-refractivity contribution in [2.45, 2.75) is 109 Å². The van der Waals surface area contributed by atoms with E-state index < -0.39 is 65.0 Å². The van der Waals surface area contributed by atoms with E-state index in [2.05, 4.69) is 41.3 Å². The summed E-state index contributed by atoms with van der Waals surface area (Å²) in [5.74, 6) is -2.01. The Morgan fingerprint density at radius 3 is 2.18 bits per heavy atom. The van der Waals surface area contributed by atoms with Crippen molar-refractivity contribution in [3.63, 3.8) is 0 Å². The number of thiazole rings is 1. The van der Waals surface area contributed by atoms with Crippen LogP contribution >= 0.6 is 23.7 Å². The Hall–Kier alpha value is -6.93. The number of ether oxygens (including phenoxy) is 3. The maximum atomic E-state index is 14.1. The maximum absolute atomic E-state index is 14.1. The number of halogens is 1. The molecule has 3 aromatic heterocycles. The number of esters is 1. The number of nitrogens with zero attached hydrogens (tertiary/aromatic N) is 7. The van der Waals surface area contributed by atoms with Gasteiger partial charge in [-0.2, -0.15) is 15.0 Å². The van der Waals surface area contributed by atoms with Crippen LogP contribution in [0, 0.1) is 0 Å². The zero-order valence-corrected chi connectivity index (χ0v) is 38.8. The van der Waals surface area contributed by atoms with Crippen molar-refractivity contribution in [1.29, 1.82) is 0 Å². The molecule has 3 N–H and O–H groups in total. The Balaban J connectivity index is 0.00000720. The number of pyridine rings is 1. The molecule has 7 rings (SSSR count). The van der Waals surface area contributed by atoms with Crippen LogP contribution in [0.15, 0.2) is 102 Å². The molecular weight excluding hydrogens is 892 g/mol. The number of hydrogen-bond donors (Lipinski definition) is 3. The van der Waals surface area contributed by atoms with E-state index in [1.165, 1.54) is 21.3 Å². The maximum Gasteiger partial charge on any atom is 0.413 e. The summed E-state index contributed by atoms with van der Waals surface area (Å²) in [5, 5.41) is 22.7. The number of benzene rings is 2. The first-order valence-electron chi connectivity index (χ1n) is 20.8. The highest BCUT2D eigenvalue weighted by atomic mass is 35.5. The summed E-state index contributed by atoms with van der Waals surface area (Å²) in [6.07, 6.45) is 3.26. The SMILES string of the molecule is CC(C)(C)OC(=O)Nc1nc(/C(=N/OC2(C(=O)OC(c3ccccc3)c3ccccc3)CC2)C(=O)N[C@@H]2C(=O)N[C@@H]2Cn2ncc(CN(Cc3cccnc3)C(=O)OC(C)(C)C)n2)cs1.Cl. The third-order valence-corrected chi connectivity index (χ3v) is 10.5. The Kier molecular flexibility index (Phi) is 15.1. The van der Waals surface area contributed by atoms with Crippen molar-refractivity contribution in [1.82, 2.24) is 40.5 Å². The smallest absolute Gasteiger partial charge is 0.413 e.